The Morgan fingerprint density at radius 3 is 2.06 bits per heavy atom. The van der Waals surface area contributed by atoms with Crippen LogP contribution in [0.25, 0.3) is 0 Å². The van der Waals surface area contributed by atoms with Gasteiger partial charge in [0.2, 0.25) is 0 Å². The molecule has 0 spiro atoms. The number of ether oxygens (including phenoxy) is 1. The summed E-state index contributed by atoms with van der Waals surface area (Å²) in [4.78, 5) is 22.6. The normalized spacial score (nSPS) is 11.2. The third-order valence-corrected chi connectivity index (χ3v) is 5.20. The summed E-state index contributed by atoms with van der Waals surface area (Å²) in [5.41, 5.74) is 4.25. The average Bonchev–Trinajstić information content (AvgIpc) is 2.81. The smallest absolute Gasteiger partial charge is 0.271 e. The van der Waals surface area contributed by atoms with Gasteiger partial charge in [0.1, 0.15) is 5.75 Å². The maximum atomic E-state index is 12.3. The maximum absolute atomic E-state index is 12.3. The molecule has 0 heterocycles. The van der Waals surface area contributed by atoms with Gasteiger partial charge in [-0.1, -0.05) is 51.9 Å². The summed E-state index contributed by atoms with van der Waals surface area (Å²) in [6.45, 7) is 4.64. The number of rotatable bonds is 14. The van der Waals surface area contributed by atoms with Gasteiger partial charge in [-0.15, -0.1) is 0 Å². The van der Waals surface area contributed by atoms with Crippen molar-refractivity contribution in [1.82, 2.24) is 5.43 Å². The number of hydrazone groups is 1. The van der Waals surface area contributed by atoms with Crippen LogP contribution in [0.15, 0.2) is 53.6 Å². The zero-order valence-corrected chi connectivity index (χ0v) is 19.0. The summed E-state index contributed by atoms with van der Waals surface area (Å²) in [7, 11) is 0. The van der Waals surface area contributed by atoms with Gasteiger partial charge < -0.3 is 4.74 Å². The van der Waals surface area contributed by atoms with E-state index in [1.807, 2.05) is 0 Å². The molecule has 7 heteroatoms. The van der Waals surface area contributed by atoms with E-state index in [2.05, 4.69) is 17.5 Å². The fraction of sp³-hybridized carbons (Fsp3) is 0.440. The fourth-order valence-corrected chi connectivity index (χ4v) is 3.22. The lowest BCUT2D eigenvalue weighted by Crippen LogP contribution is -2.19. The van der Waals surface area contributed by atoms with E-state index in [-0.39, 0.29) is 11.6 Å². The van der Waals surface area contributed by atoms with Gasteiger partial charge in [-0.25, -0.2) is 5.43 Å². The van der Waals surface area contributed by atoms with Gasteiger partial charge in [0, 0.05) is 17.7 Å². The summed E-state index contributed by atoms with van der Waals surface area (Å²) >= 11 is 0. The van der Waals surface area contributed by atoms with Crippen molar-refractivity contribution in [3.05, 3.63) is 69.8 Å². The third kappa shape index (κ3) is 8.88. The molecule has 0 radical (unpaired) electrons. The number of nitrogens with one attached hydrogen (secondary N) is 1. The Labute approximate surface area is 190 Å². The van der Waals surface area contributed by atoms with Gasteiger partial charge in [0.25, 0.3) is 11.6 Å². The molecule has 172 valence electrons. The molecule has 0 unspecified atom stereocenters. The first-order chi connectivity index (χ1) is 15.5. The number of hydrogen-bond donors (Lipinski definition) is 1. The number of carbonyl (C=O) groups excluding carboxylic acids is 1. The van der Waals surface area contributed by atoms with Crippen LogP contribution in [0.5, 0.6) is 5.75 Å². The number of nitrogens with zero attached hydrogens (tertiary/aromatic N) is 2. The van der Waals surface area contributed by atoms with E-state index < -0.39 is 4.92 Å². The molecule has 0 saturated carbocycles. The van der Waals surface area contributed by atoms with Crippen molar-refractivity contribution in [3.8, 4) is 5.75 Å². The minimum Gasteiger partial charge on any atom is -0.494 e. The summed E-state index contributed by atoms with van der Waals surface area (Å²) < 4.78 is 5.76. The van der Waals surface area contributed by atoms with Crippen molar-refractivity contribution in [1.29, 1.82) is 0 Å². The van der Waals surface area contributed by atoms with E-state index in [9.17, 15) is 14.9 Å². The molecule has 7 nitrogen and oxygen atoms in total. The second kappa shape index (κ2) is 14.0. The molecule has 0 aromatic heterocycles. The Hall–Kier alpha value is -3.22. The topological polar surface area (TPSA) is 93.8 Å². The summed E-state index contributed by atoms with van der Waals surface area (Å²) in [6, 6.07) is 13.0. The van der Waals surface area contributed by atoms with Crippen LogP contribution in [0.4, 0.5) is 5.69 Å². The van der Waals surface area contributed by atoms with E-state index in [0.29, 0.717) is 23.4 Å². The van der Waals surface area contributed by atoms with Gasteiger partial charge in [-0.2, -0.15) is 5.10 Å². The molecule has 0 aliphatic carbocycles. The van der Waals surface area contributed by atoms with Crippen LogP contribution >= 0.6 is 0 Å². The van der Waals surface area contributed by atoms with Crippen molar-refractivity contribution in [3.63, 3.8) is 0 Å². The van der Waals surface area contributed by atoms with E-state index in [4.69, 9.17) is 4.74 Å². The highest BCUT2D eigenvalue weighted by molar-refractivity contribution is 6.01. The first-order valence-electron chi connectivity index (χ1n) is 11.3. The number of hydrogen-bond acceptors (Lipinski definition) is 5. The van der Waals surface area contributed by atoms with E-state index in [1.54, 1.807) is 43.3 Å². The molecule has 0 aliphatic rings. The molecule has 0 saturated heterocycles. The van der Waals surface area contributed by atoms with Crippen molar-refractivity contribution in [2.45, 2.75) is 65.2 Å². The largest absolute Gasteiger partial charge is 0.494 e. The lowest BCUT2D eigenvalue weighted by atomic mass is 10.1. The highest BCUT2D eigenvalue weighted by Gasteiger charge is 2.08. The third-order valence-electron chi connectivity index (χ3n) is 5.20. The highest BCUT2D eigenvalue weighted by atomic mass is 16.6. The second-order valence-corrected chi connectivity index (χ2v) is 7.79. The van der Waals surface area contributed by atoms with Crippen molar-refractivity contribution >= 4 is 17.3 Å². The van der Waals surface area contributed by atoms with E-state index >= 15 is 0 Å². The van der Waals surface area contributed by atoms with Crippen molar-refractivity contribution < 1.29 is 14.5 Å². The number of carbonyl (C=O) groups is 1. The van der Waals surface area contributed by atoms with E-state index in [1.165, 1.54) is 57.1 Å². The predicted molar refractivity (Wildman–Crippen MR) is 127 cm³/mol. The van der Waals surface area contributed by atoms with Gasteiger partial charge >= 0.3 is 0 Å². The molecule has 32 heavy (non-hydrogen) atoms. The molecule has 2 aromatic carbocycles. The van der Waals surface area contributed by atoms with Gasteiger partial charge in [0.15, 0.2) is 0 Å². The number of nitro groups is 1. The first-order valence-corrected chi connectivity index (χ1v) is 11.3. The molecule has 0 fully saturated rings. The number of non-ortho nitro benzene ring substituents is 1. The van der Waals surface area contributed by atoms with Crippen LogP contribution in [0.2, 0.25) is 0 Å². The monoisotopic (exact) mass is 439 g/mol. The van der Waals surface area contributed by atoms with Crippen molar-refractivity contribution in [2.75, 3.05) is 6.61 Å². The molecule has 0 atom stereocenters. The Kier molecular flexibility index (Phi) is 10.9. The molecule has 0 bridgehead atoms. The molecular formula is C25H33N3O4. The lowest BCUT2D eigenvalue weighted by molar-refractivity contribution is -0.384. The van der Waals surface area contributed by atoms with Crippen LogP contribution in [-0.4, -0.2) is 23.1 Å². The van der Waals surface area contributed by atoms with Crippen LogP contribution in [0, 0.1) is 10.1 Å². The minimum absolute atomic E-state index is 0.00954. The second-order valence-electron chi connectivity index (χ2n) is 7.79. The summed E-state index contributed by atoms with van der Waals surface area (Å²) in [6.07, 6.45) is 10.1. The number of nitro benzene ring substituents is 1. The van der Waals surface area contributed by atoms with E-state index in [0.717, 1.165) is 12.2 Å². The molecule has 2 aromatic rings. The predicted octanol–water partition coefficient (Wildman–Crippen LogP) is 6.27. The van der Waals surface area contributed by atoms with Crippen LogP contribution in [0.1, 0.15) is 81.1 Å². The Morgan fingerprint density at radius 1 is 0.906 bits per heavy atom. The molecule has 0 aliphatic heterocycles. The number of amides is 1. The first kappa shape index (κ1) is 25.0. The van der Waals surface area contributed by atoms with Crippen LogP contribution < -0.4 is 10.2 Å². The Morgan fingerprint density at radius 2 is 1.47 bits per heavy atom. The minimum atomic E-state index is -0.457. The standard InChI is InChI=1S/C25H33N3O4/c1-3-4-5-6-7-8-9-10-19-32-24-17-13-22(14-18-24)25(29)27-26-20(2)21-11-15-23(16-12-21)28(30)31/h11-18H,3-10,19H2,1-2H3,(H,27,29)/b26-20+. The number of benzene rings is 2. The van der Waals surface area contributed by atoms with Crippen LogP contribution in [0.3, 0.4) is 0 Å². The molecule has 1 N–H and O–H groups in total. The zero-order valence-electron chi connectivity index (χ0n) is 19.0. The Bertz CT molecular complexity index is 877. The molecular weight excluding hydrogens is 406 g/mol. The van der Waals surface area contributed by atoms with Crippen molar-refractivity contribution in [2.24, 2.45) is 5.10 Å². The summed E-state index contributed by atoms with van der Waals surface area (Å²) in [5.74, 6) is 0.413. The Balaban J connectivity index is 1.72. The molecule has 2 rings (SSSR count). The quantitative estimate of drug-likeness (QED) is 0.162. The van der Waals surface area contributed by atoms with Gasteiger partial charge in [-0.05, 0) is 55.3 Å². The summed E-state index contributed by atoms with van der Waals surface area (Å²) in [5, 5.41) is 14.8. The highest BCUT2D eigenvalue weighted by Crippen LogP contribution is 2.15. The van der Waals surface area contributed by atoms with Gasteiger partial charge in [0.05, 0.1) is 17.2 Å². The van der Waals surface area contributed by atoms with Gasteiger partial charge in [-0.3, -0.25) is 14.9 Å². The fourth-order valence-electron chi connectivity index (χ4n) is 3.22. The average molecular weight is 440 g/mol. The van der Waals surface area contributed by atoms with Crippen LogP contribution in [-0.2, 0) is 0 Å². The zero-order chi connectivity index (χ0) is 23.2. The SMILES string of the molecule is CCCCCCCCCCOc1ccc(C(=O)N/N=C(\C)c2ccc([N+](=O)[O-])cc2)cc1. The number of unbranched alkanes of at least 4 members (excludes halogenated alkanes) is 7. The lowest BCUT2D eigenvalue weighted by Gasteiger charge is -2.07. The molecule has 1 amide bonds. The maximum Gasteiger partial charge on any atom is 0.271 e.